The lowest BCUT2D eigenvalue weighted by molar-refractivity contribution is -0.0412. The molecule has 0 heterocycles. The molecule has 1 aromatic rings. The Kier molecular flexibility index (Phi) is 7.43. The fourth-order valence-corrected chi connectivity index (χ4v) is 10.7. The lowest BCUT2D eigenvalue weighted by atomic mass is 9.47. The molecule has 0 bridgehead atoms. The van der Waals surface area contributed by atoms with Crippen molar-refractivity contribution < 1.29 is 14.0 Å². The fourth-order valence-electron chi connectivity index (χ4n) is 9.21. The Morgan fingerprint density at radius 2 is 1.60 bits per heavy atom. The van der Waals surface area contributed by atoms with E-state index in [0.717, 1.165) is 12.8 Å². The first kappa shape index (κ1) is 29.8. The first-order valence-electron chi connectivity index (χ1n) is 15.9. The summed E-state index contributed by atoms with van der Waals surface area (Å²) in [5, 5.41) is 0.237. The molecule has 4 heteroatoms. The molecular weight excluding hydrogens is 508 g/mol. The van der Waals surface area contributed by atoms with E-state index in [0.29, 0.717) is 34.8 Å². The minimum absolute atomic E-state index is 0.104. The first-order chi connectivity index (χ1) is 18.5. The van der Waals surface area contributed by atoms with Gasteiger partial charge in [0, 0.05) is 11.5 Å². The minimum Gasteiger partial charge on any atom is -0.458 e. The Morgan fingerprint density at radius 3 is 2.25 bits per heavy atom. The Labute approximate surface area is 245 Å². The molecule has 0 saturated heterocycles. The molecule has 3 saturated carbocycles. The topological polar surface area (TPSA) is 35.5 Å². The van der Waals surface area contributed by atoms with Gasteiger partial charge in [-0.1, -0.05) is 90.0 Å². The second-order valence-corrected chi connectivity index (χ2v) is 20.9. The van der Waals surface area contributed by atoms with Crippen LogP contribution in [0.3, 0.4) is 0 Å². The first-order valence-corrected chi connectivity index (χ1v) is 18.8. The van der Waals surface area contributed by atoms with Crippen LogP contribution < -0.4 is 0 Å². The zero-order valence-corrected chi connectivity index (χ0v) is 27.9. The van der Waals surface area contributed by atoms with Crippen molar-refractivity contribution in [2.24, 2.45) is 34.0 Å². The van der Waals surface area contributed by atoms with Gasteiger partial charge in [-0.25, -0.2) is 4.79 Å². The summed E-state index contributed by atoms with van der Waals surface area (Å²) < 4.78 is 13.2. The van der Waals surface area contributed by atoms with Gasteiger partial charge in [-0.2, -0.15) is 0 Å². The van der Waals surface area contributed by atoms with Crippen LogP contribution in [-0.4, -0.2) is 26.5 Å². The third kappa shape index (κ3) is 4.70. The van der Waals surface area contributed by atoms with Crippen LogP contribution in [-0.2, 0) is 9.16 Å². The van der Waals surface area contributed by atoms with Gasteiger partial charge in [0.1, 0.15) is 6.10 Å². The molecule has 0 spiro atoms. The maximum atomic E-state index is 13.0. The van der Waals surface area contributed by atoms with Gasteiger partial charge in [0.2, 0.25) is 0 Å². The number of allylic oxidation sites excluding steroid dienone is 3. The predicted octanol–water partition coefficient (Wildman–Crippen LogP) is 9.76. The lowest BCUT2D eigenvalue weighted by Crippen LogP contribution is -2.53. The minimum atomic E-state index is -1.81. The van der Waals surface area contributed by atoms with Crippen molar-refractivity contribution in [1.82, 2.24) is 0 Å². The molecule has 4 aliphatic rings. The summed E-state index contributed by atoms with van der Waals surface area (Å²) in [6.45, 7) is 24.0. The second kappa shape index (κ2) is 9.97. The van der Waals surface area contributed by atoms with E-state index in [4.69, 9.17) is 9.16 Å². The van der Waals surface area contributed by atoms with Crippen LogP contribution >= 0.6 is 0 Å². The summed E-state index contributed by atoms with van der Waals surface area (Å²) in [4.78, 5) is 13.0. The van der Waals surface area contributed by atoms with Crippen molar-refractivity contribution in [1.29, 1.82) is 0 Å². The molecule has 220 valence electrons. The van der Waals surface area contributed by atoms with Crippen LogP contribution in [0.25, 0.3) is 0 Å². The fraction of sp³-hybridized carbons (Fsp3) is 0.694. The Hall–Kier alpha value is -1.65. The van der Waals surface area contributed by atoms with E-state index < -0.39 is 8.32 Å². The van der Waals surface area contributed by atoms with E-state index in [2.05, 4.69) is 80.6 Å². The average Bonchev–Trinajstić information content (AvgIpc) is 3.23. The van der Waals surface area contributed by atoms with Gasteiger partial charge >= 0.3 is 5.97 Å². The van der Waals surface area contributed by atoms with Crippen LogP contribution in [0.5, 0.6) is 0 Å². The molecule has 0 aromatic heterocycles. The zero-order valence-electron chi connectivity index (χ0n) is 26.9. The number of benzene rings is 1. The van der Waals surface area contributed by atoms with Gasteiger partial charge in [0.25, 0.3) is 0 Å². The van der Waals surface area contributed by atoms with Crippen molar-refractivity contribution in [2.75, 3.05) is 0 Å². The van der Waals surface area contributed by atoms with Gasteiger partial charge in [-0.05, 0) is 104 Å². The lowest BCUT2D eigenvalue weighted by Gasteiger charge is -2.59. The molecule has 3 nitrogen and oxygen atoms in total. The molecule has 3 fully saturated rings. The van der Waals surface area contributed by atoms with E-state index in [-0.39, 0.29) is 27.9 Å². The van der Waals surface area contributed by atoms with E-state index in [1.807, 2.05) is 30.3 Å². The molecular formula is C36H54O3Si. The number of carbonyl (C=O) groups excluding carboxylic acids is 1. The molecule has 0 amide bonds. The zero-order chi connectivity index (χ0) is 29.3. The monoisotopic (exact) mass is 562 g/mol. The molecule has 0 radical (unpaired) electrons. The standard InChI is InChI=1S/C36H54O3Si/c1-24(39-40(9,10)33(2,3)4)27-17-18-28-26-16-19-30-34(5,6)31(38-32(37)25-14-12-11-13-15-25)21-23-36(30,8)29(26)20-22-35(27,28)7/h11-16,19,24,27-29,31H,17-18,20-23H2,1-10H3/t24-,27+,28+,29-,31-,35+,36-/m0/s1. The third-order valence-electron chi connectivity index (χ3n) is 12.5. The highest BCUT2D eigenvalue weighted by atomic mass is 28.4. The van der Waals surface area contributed by atoms with Crippen LogP contribution in [0, 0.1) is 34.0 Å². The van der Waals surface area contributed by atoms with Gasteiger partial charge in [-0.3, -0.25) is 0 Å². The number of fused-ring (bicyclic) bond motifs is 5. The number of carbonyl (C=O) groups is 1. The summed E-state index contributed by atoms with van der Waals surface area (Å²) in [6.07, 6.45) is 12.3. The normalized spacial score (nSPS) is 36.0. The quantitative estimate of drug-likeness (QED) is 0.265. The number of rotatable bonds is 5. The maximum Gasteiger partial charge on any atom is 0.338 e. The predicted molar refractivity (Wildman–Crippen MR) is 168 cm³/mol. The van der Waals surface area contributed by atoms with Crippen molar-refractivity contribution in [3.63, 3.8) is 0 Å². The summed E-state index contributed by atoms with van der Waals surface area (Å²) in [7, 11) is -1.81. The summed E-state index contributed by atoms with van der Waals surface area (Å²) >= 11 is 0. The van der Waals surface area contributed by atoms with Crippen LogP contribution in [0.4, 0.5) is 0 Å². The number of ether oxygens (including phenoxy) is 1. The second-order valence-electron chi connectivity index (χ2n) is 16.1. The summed E-state index contributed by atoms with van der Waals surface area (Å²) in [5.74, 6) is 1.66. The van der Waals surface area contributed by atoms with Crippen molar-refractivity contribution in [3.8, 4) is 0 Å². The molecule has 0 aliphatic heterocycles. The van der Waals surface area contributed by atoms with E-state index >= 15 is 0 Å². The molecule has 4 aliphatic carbocycles. The average molecular weight is 563 g/mol. The van der Waals surface area contributed by atoms with Gasteiger partial charge < -0.3 is 9.16 Å². The van der Waals surface area contributed by atoms with Crippen LogP contribution in [0.1, 0.15) is 104 Å². The smallest absolute Gasteiger partial charge is 0.338 e. The largest absolute Gasteiger partial charge is 0.458 e. The molecule has 0 unspecified atom stereocenters. The van der Waals surface area contributed by atoms with Crippen molar-refractivity contribution >= 4 is 14.3 Å². The SMILES string of the molecule is C[C@H](O[Si](C)(C)C(C)(C)C)[C@H]1CC[C@@H]2C3=CC=C4C(C)(C)[C@@H](OC(=O)c5ccccc5)CC[C@@]4(C)[C@H]3CC[C@@]21C. The van der Waals surface area contributed by atoms with Crippen LogP contribution in [0.2, 0.25) is 18.1 Å². The van der Waals surface area contributed by atoms with E-state index in [9.17, 15) is 4.79 Å². The van der Waals surface area contributed by atoms with E-state index in [1.165, 1.54) is 31.3 Å². The molecule has 7 atom stereocenters. The number of hydrogen-bond donors (Lipinski definition) is 0. The van der Waals surface area contributed by atoms with E-state index in [1.54, 1.807) is 5.57 Å². The number of esters is 1. The van der Waals surface area contributed by atoms with Gasteiger partial charge in [0.05, 0.1) is 5.56 Å². The number of hydrogen-bond acceptors (Lipinski definition) is 3. The van der Waals surface area contributed by atoms with Crippen molar-refractivity contribution in [3.05, 3.63) is 59.2 Å². The highest BCUT2D eigenvalue weighted by Gasteiger charge is 2.60. The Bertz CT molecular complexity index is 1190. The summed E-state index contributed by atoms with van der Waals surface area (Å²) in [5.41, 5.74) is 4.08. The maximum absolute atomic E-state index is 13.0. The molecule has 40 heavy (non-hydrogen) atoms. The molecule has 0 N–H and O–H groups in total. The Morgan fingerprint density at radius 1 is 0.925 bits per heavy atom. The molecule has 1 aromatic carbocycles. The highest BCUT2D eigenvalue weighted by Crippen LogP contribution is 2.67. The Balaban J connectivity index is 1.39. The van der Waals surface area contributed by atoms with Crippen molar-refractivity contribution in [2.45, 2.75) is 124 Å². The third-order valence-corrected chi connectivity index (χ3v) is 17.1. The van der Waals surface area contributed by atoms with Gasteiger partial charge in [0.15, 0.2) is 8.32 Å². The highest BCUT2D eigenvalue weighted by molar-refractivity contribution is 6.74. The summed E-state index contributed by atoms with van der Waals surface area (Å²) in [6, 6.07) is 9.44. The van der Waals surface area contributed by atoms with Gasteiger partial charge in [-0.15, -0.1) is 0 Å². The van der Waals surface area contributed by atoms with Crippen LogP contribution in [0.15, 0.2) is 53.6 Å². The molecule has 5 rings (SSSR count).